The molecule has 0 atom stereocenters. The number of ether oxygens (including phenoxy) is 1. The molecule has 0 aliphatic carbocycles. The number of carbonyl (C=O) groups excluding carboxylic acids is 1. The lowest BCUT2D eigenvalue weighted by atomic mass is 10.1. The second-order valence-electron chi connectivity index (χ2n) is 7.54. The van der Waals surface area contributed by atoms with Gasteiger partial charge in [0.15, 0.2) is 5.96 Å². The van der Waals surface area contributed by atoms with E-state index in [1.165, 1.54) is 0 Å². The molecule has 0 aromatic carbocycles. The van der Waals surface area contributed by atoms with Gasteiger partial charge in [-0.1, -0.05) is 5.16 Å². The minimum Gasteiger partial charge on any atom is -0.444 e. The van der Waals surface area contributed by atoms with Crippen LogP contribution in [0.3, 0.4) is 0 Å². The number of hydrogen-bond acceptors (Lipinski definition) is 5. The quantitative estimate of drug-likeness (QED) is 0.372. The van der Waals surface area contributed by atoms with E-state index in [4.69, 9.17) is 9.26 Å². The van der Waals surface area contributed by atoms with Crippen LogP contribution in [0.25, 0.3) is 0 Å². The Morgan fingerprint density at radius 3 is 2.56 bits per heavy atom. The Kier molecular flexibility index (Phi) is 8.83. The van der Waals surface area contributed by atoms with Crippen LogP contribution >= 0.6 is 24.0 Å². The molecule has 2 heterocycles. The van der Waals surface area contributed by atoms with Crippen molar-refractivity contribution in [3.8, 4) is 0 Å². The molecule has 1 aromatic heterocycles. The Morgan fingerprint density at radius 1 is 1.37 bits per heavy atom. The summed E-state index contributed by atoms with van der Waals surface area (Å²) in [5.41, 5.74) is 1.57. The Hall–Kier alpha value is -1.52. The number of aryl methyl sites for hydroxylation is 2. The van der Waals surface area contributed by atoms with E-state index in [2.05, 4.69) is 20.8 Å². The molecule has 2 N–H and O–H groups in total. The molecular formula is C18H32IN5O3. The zero-order chi connectivity index (χ0) is 19.3. The van der Waals surface area contributed by atoms with Crippen molar-refractivity contribution in [3.63, 3.8) is 0 Å². The number of rotatable bonds is 5. The minimum absolute atomic E-state index is 0. The van der Waals surface area contributed by atoms with Crippen molar-refractivity contribution in [2.24, 2.45) is 4.99 Å². The Morgan fingerprint density at radius 2 is 2.04 bits per heavy atom. The smallest absolute Gasteiger partial charge is 0.410 e. The molecule has 1 aliphatic heterocycles. The van der Waals surface area contributed by atoms with Gasteiger partial charge < -0.3 is 24.8 Å². The third-order valence-electron chi connectivity index (χ3n) is 4.03. The van der Waals surface area contributed by atoms with E-state index in [1.54, 1.807) is 4.90 Å². The van der Waals surface area contributed by atoms with Gasteiger partial charge in [0.2, 0.25) is 0 Å². The number of likely N-dealkylation sites (tertiary alicyclic amines) is 1. The first-order valence-electron chi connectivity index (χ1n) is 9.14. The Balaban J connectivity index is 0.00000364. The number of nitrogens with zero attached hydrogens (tertiary/aromatic N) is 3. The molecule has 1 saturated heterocycles. The average molecular weight is 493 g/mol. The predicted octanol–water partition coefficient (Wildman–Crippen LogP) is 2.63. The topological polar surface area (TPSA) is 92.0 Å². The van der Waals surface area contributed by atoms with Gasteiger partial charge in [-0.05, 0) is 48.0 Å². The summed E-state index contributed by atoms with van der Waals surface area (Å²) in [7, 11) is 0. The van der Waals surface area contributed by atoms with Crippen LogP contribution in [0.2, 0.25) is 0 Å². The summed E-state index contributed by atoms with van der Waals surface area (Å²) in [5, 5.41) is 10.6. The van der Waals surface area contributed by atoms with Crippen LogP contribution in [0.5, 0.6) is 0 Å². The summed E-state index contributed by atoms with van der Waals surface area (Å²) >= 11 is 0. The molecule has 0 radical (unpaired) electrons. The highest BCUT2D eigenvalue weighted by molar-refractivity contribution is 14.0. The molecule has 1 aromatic rings. The maximum atomic E-state index is 12.0. The number of amides is 1. The third kappa shape index (κ3) is 7.19. The fourth-order valence-electron chi connectivity index (χ4n) is 2.70. The van der Waals surface area contributed by atoms with Crippen molar-refractivity contribution < 1.29 is 14.1 Å². The number of guanidine groups is 1. The SMILES string of the molecule is CCNC(=NCCc1c(C)noc1C)NC1CN(C(=O)OC(C)(C)C)C1.I. The van der Waals surface area contributed by atoms with Gasteiger partial charge in [-0.25, -0.2) is 4.79 Å². The summed E-state index contributed by atoms with van der Waals surface area (Å²) in [5.74, 6) is 1.61. The average Bonchev–Trinajstić information content (AvgIpc) is 2.80. The van der Waals surface area contributed by atoms with Gasteiger partial charge >= 0.3 is 6.09 Å². The molecule has 9 heteroatoms. The van der Waals surface area contributed by atoms with Gasteiger partial charge in [-0.15, -0.1) is 24.0 Å². The van der Waals surface area contributed by atoms with E-state index < -0.39 is 5.60 Å². The molecule has 1 fully saturated rings. The number of aliphatic imine (C=N–C) groups is 1. The van der Waals surface area contributed by atoms with E-state index in [-0.39, 0.29) is 36.1 Å². The second-order valence-corrected chi connectivity index (χ2v) is 7.54. The fourth-order valence-corrected chi connectivity index (χ4v) is 2.70. The lowest BCUT2D eigenvalue weighted by Crippen LogP contribution is -2.63. The van der Waals surface area contributed by atoms with E-state index in [1.807, 2.05) is 41.5 Å². The van der Waals surface area contributed by atoms with Crippen molar-refractivity contribution in [1.29, 1.82) is 0 Å². The van der Waals surface area contributed by atoms with Crippen LogP contribution in [0.1, 0.15) is 44.7 Å². The standard InChI is InChI=1S/C18H31N5O3.HI/c1-7-19-16(20-9-8-15-12(2)22-26-13(15)3)21-14-10-23(11-14)17(24)25-18(4,5)6;/h14H,7-11H2,1-6H3,(H2,19,20,21);1H. The summed E-state index contributed by atoms with van der Waals surface area (Å²) < 4.78 is 10.6. The van der Waals surface area contributed by atoms with Gasteiger partial charge in [0.05, 0.1) is 11.7 Å². The lowest BCUT2D eigenvalue weighted by Gasteiger charge is -2.40. The van der Waals surface area contributed by atoms with Crippen LogP contribution in [-0.4, -0.2) is 59.9 Å². The highest BCUT2D eigenvalue weighted by atomic mass is 127. The first-order valence-corrected chi connectivity index (χ1v) is 9.14. The van der Waals surface area contributed by atoms with E-state index >= 15 is 0 Å². The number of halogens is 1. The minimum atomic E-state index is -0.468. The van der Waals surface area contributed by atoms with E-state index in [0.29, 0.717) is 19.6 Å². The van der Waals surface area contributed by atoms with Crippen LogP contribution in [0.15, 0.2) is 9.52 Å². The van der Waals surface area contributed by atoms with Crippen LogP contribution < -0.4 is 10.6 Å². The zero-order valence-electron chi connectivity index (χ0n) is 17.1. The largest absolute Gasteiger partial charge is 0.444 e. The Labute approximate surface area is 178 Å². The highest BCUT2D eigenvalue weighted by Crippen LogP contribution is 2.15. The van der Waals surface area contributed by atoms with Crippen molar-refractivity contribution in [3.05, 3.63) is 17.0 Å². The van der Waals surface area contributed by atoms with Gasteiger partial charge in [0.25, 0.3) is 0 Å². The molecule has 0 saturated carbocycles. The van der Waals surface area contributed by atoms with E-state index in [9.17, 15) is 4.79 Å². The van der Waals surface area contributed by atoms with Gasteiger partial charge in [0, 0.05) is 31.7 Å². The van der Waals surface area contributed by atoms with Crippen LogP contribution in [-0.2, 0) is 11.2 Å². The number of nitrogens with one attached hydrogen (secondary N) is 2. The summed E-state index contributed by atoms with van der Waals surface area (Å²) in [6, 6.07) is 0.180. The van der Waals surface area contributed by atoms with Crippen molar-refractivity contribution >= 4 is 36.0 Å². The van der Waals surface area contributed by atoms with Gasteiger partial charge in [0.1, 0.15) is 11.4 Å². The second kappa shape index (κ2) is 10.1. The summed E-state index contributed by atoms with van der Waals surface area (Å²) in [6.45, 7) is 14.1. The fraction of sp³-hybridized carbons (Fsp3) is 0.722. The van der Waals surface area contributed by atoms with Crippen LogP contribution in [0, 0.1) is 13.8 Å². The van der Waals surface area contributed by atoms with Crippen LogP contribution in [0.4, 0.5) is 4.79 Å². The van der Waals surface area contributed by atoms with E-state index in [0.717, 1.165) is 35.9 Å². The number of hydrogen-bond donors (Lipinski definition) is 2. The third-order valence-corrected chi connectivity index (χ3v) is 4.03. The Bertz CT molecular complexity index is 628. The molecule has 8 nitrogen and oxygen atoms in total. The van der Waals surface area contributed by atoms with Gasteiger partial charge in [-0.2, -0.15) is 0 Å². The monoisotopic (exact) mass is 493 g/mol. The highest BCUT2D eigenvalue weighted by Gasteiger charge is 2.34. The first kappa shape index (κ1) is 23.5. The van der Waals surface area contributed by atoms with Crippen molar-refractivity contribution in [2.45, 2.75) is 59.6 Å². The van der Waals surface area contributed by atoms with Gasteiger partial charge in [-0.3, -0.25) is 4.99 Å². The molecule has 154 valence electrons. The molecule has 27 heavy (non-hydrogen) atoms. The molecule has 0 spiro atoms. The maximum Gasteiger partial charge on any atom is 0.410 e. The molecule has 0 unspecified atom stereocenters. The predicted molar refractivity (Wildman–Crippen MR) is 116 cm³/mol. The summed E-state index contributed by atoms with van der Waals surface area (Å²) in [4.78, 5) is 18.3. The first-order chi connectivity index (χ1) is 12.2. The lowest BCUT2D eigenvalue weighted by molar-refractivity contribution is 0.00701. The molecular weight excluding hydrogens is 461 g/mol. The number of carbonyl (C=O) groups is 1. The normalized spacial score (nSPS) is 15.0. The zero-order valence-corrected chi connectivity index (χ0v) is 19.4. The number of aromatic nitrogens is 1. The molecule has 1 amide bonds. The van der Waals surface area contributed by atoms with Crippen molar-refractivity contribution in [2.75, 3.05) is 26.2 Å². The molecule has 0 bridgehead atoms. The molecule has 1 aliphatic rings. The maximum absolute atomic E-state index is 12.0. The summed E-state index contributed by atoms with van der Waals surface area (Å²) in [6.07, 6.45) is 0.516. The molecule has 2 rings (SSSR count). The van der Waals surface area contributed by atoms with Crippen molar-refractivity contribution in [1.82, 2.24) is 20.7 Å².